The molecule has 0 fully saturated rings. The van der Waals surface area contributed by atoms with E-state index >= 15 is 0 Å². The summed E-state index contributed by atoms with van der Waals surface area (Å²) in [5.41, 5.74) is 10.7. The van der Waals surface area contributed by atoms with Crippen molar-refractivity contribution in [1.29, 1.82) is 0 Å². The number of hydrogen-bond acceptors (Lipinski definition) is 2. The van der Waals surface area contributed by atoms with Crippen LogP contribution in [-0.2, 0) is 26.5 Å². The van der Waals surface area contributed by atoms with Gasteiger partial charge in [0, 0.05) is 36.6 Å². The molecule has 1 radical (unpaired) electrons. The molecule has 41 heavy (non-hydrogen) atoms. The van der Waals surface area contributed by atoms with Gasteiger partial charge in [0.15, 0.2) is 5.69 Å². The topological polar surface area (TPSA) is 30.1 Å². The largest absolute Gasteiger partial charge is 0.305 e. The molecule has 0 saturated heterocycles. The number of aryl methyl sites for hydroxylation is 1. The third-order valence-electron chi connectivity index (χ3n) is 6.89. The van der Waals surface area contributed by atoms with Crippen molar-refractivity contribution in [2.24, 2.45) is 0 Å². The summed E-state index contributed by atoms with van der Waals surface area (Å²) in [5.74, 6) is 0. The maximum Gasteiger partial charge on any atom is 0.193 e. The predicted octanol–water partition coefficient (Wildman–Crippen LogP) is 9.19. The summed E-state index contributed by atoms with van der Waals surface area (Å²) in [7, 11) is 0. The van der Waals surface area contributed by atoms with Crippen LogP contribution in [0.25, 0.3) is 49.6 Å². The number of nitrogens with zero attached hydrogens (tertiary/aromatic N) is 3. The SMILES string of the molecule is [2H]C([2H])([2H])c1cnc(-c2[c-]cccc2)cc1-c1ccccc1.[C-]#[N+]c1cccc2c1-c1cc[c-]c(-c3ccccn3)c1C2.[Ir]. The van der Waals surface area contributed by atoms with E-state index in [0.29, 0.717) is 11.3 Å². The molecular formula is C37H25IrN3-2. The summed E-state index contributed by atoms with van der Waals surface area (Å²) in [6.07, 6.45) is 4.10. The molecule has 0 bridgehead atoms. The first-order valence-corrected chi connectivity index (χ1v) is 12.9. The van der Waals surface area contributed by atoms with Gasteiger partial charge in [-0.05, 0) is 53.0 Å². The molecule has 1 aliphatic rings. The van der Waals surface area contributed by atoms with Crippen LogP contribution in [0.1, 0.15) is 20.8 Å². The Balaban J connectivity index is 0.000000171. The standard InChI is InChI=1S/C19H11N2.C18H14N.Ir/c1-20-18-10-4-6-13-12-16-14(17-9-2-3-11-21-17)7-5-8-15(16)19(13)18;1-14-13-19-18(16-10-6-3-7-11-16)12-17(14)15-8-4-2-5-9-15;/h2-6,8-11H,12H2;2-10,12-13H,1H3;/q2*-1;/i;1D3;. The maximum atomic E-state index is 7.72. The van der Waals surface area contributed by atoms with Crippen molar-refractivity contribution in [2.75, 3.05) is 0 Å². The molecule has 0 unspecified atom stereocenters. The van der Waals surface area contributed by atoms with Crippen molar-refractivity contribution in [3.05, 3.63) is 162 Å². The van der Waals surface area contributed by atoms with Crippen LogP contribution >= 0.6 is 0 Å². The van der Waals surface area contributed by atoms with Crippen molar-refractivity contribution >= 4 is 5.69 Å². The first-order chi connectivity index (χ1) is 20.9. The van der Waals surface area contributed by atoms with E-state index in [1.165, 1.54) is 17.3 Å². The van der Waals surface area contributed by atoms with Crippen LogP contribution in [-0.4, -0.2) is 9.97 Å². The van der Waals surface area contributed by atoms with Crippen molar-refractivity contribution < 1.29 is 24.2 Å². The van der Waals surface area contributed by atoms with Gasteiger partial charge in [-0.2, -0.15) is 0 Å². The molecule has 4 aromatic carbocycles. The third kappa shape index (κ3) is 5.79. The fraction of sp³-hybridized carbons (Fsp3) is 0.0541. The molecule has 4 heteroatoms. The average molecular weight is 707 g/mol. The minimum atomic E-state index is -2.20. The Kier molecular flexibility index (Phi) is 7.46. The van der Waals surface area contributed by atoms with Crippen LogP contribution in [0.15, 0.2) is 122 Å². The summed E-state index contributed by atoms with van der Waals surface area (Å²) < 4.78 is 23.2. The molecule has 0 aliphatic heterocycles. The zero-order chi connectivity index (χ0) is 29.8. The van der Waals surface area contributed by atoms with E-state index < -0.39 is 6.85 Å². The van der Waals surface area contributed by atoms with Crippen molar-refractivity contribution in [3.63, 3.8) is 0 Å². The number of hydrogen-bond donors (Lipinski definition) is 0. The van der Waals surface area contributed by atoms with Gasteiger partial charge in [0.2, 0.25) is 0 Å². The molecule has 2 aromatic heterocycles. The Morgan fingerprint density at radius 2 is 1.66 bits per heavy atom. The van der Waals surface area contributed by atoms with Gasteiger partial charge in [0.1, 0.15) is 0 Å². The molecular weight excluding hydrogens is 679 g/mol. The Morgan fingerprint density at radius 3 is 2.41 bits per heavy atom. The first-order valence-electron chi connectivity index (χ1n) is 14.4. The molecule has 0 atom stereocenters. The molecule has 0 amide bonds. The van der Waals surface area contributed by atoms with E-state index in [1.54, 1.807) is 6.20 Å². The van der Waals surface area contributed by atoms with Crippen molar-refractivity contribution in [3.8, 4) is 44.8 Å². The van der Waals surface area contributed by atoms with Crippen LogP contribution in [0.3, 0.4) is 0 Å². The van der Waals surface area contributed by atoms with Gasteiger partial charge >= 0.3 is 0 Å². The molecule has 0 saturated carbocycles. The van der Waals surface area contributed by atoms with E-state index in [0.717, 1.165) is 45.6 Å². The van der Waals surface area contributed by atoms with Gasteiger partial charge in [-0.15, -0.1) is 70.8 Å². The number of benzene rings is 4. The second-order valence-corrected chi connectivity index (χ2v) is 9.32. The average Bonchev–Trinajstić information content (AvgIpc) is 3.45. The predicted molar refractivity (Wildman–Crippen MR) is 162 cm³/mol. The van der Waals surface area contributed by atoms with Crippen LogP contribution in [0.4, 0.5) is 5.69 Å². The summed E-state index contributed by atoms with van der Waals surface area (Å²) in [6.45, 7) is 5.18. The Labute approximate surface area is 259 Å². The molecule has 1 aliphatic carbocycles. The van der Waals surface area contributed by atoms with Gasteiger partial charge in [-0.3, -0.25) is 0 Å². The van der Waals surface area contributed by atoms with Crippen LogP contribution in [0, 0.1) is 25.6 Å². The maximum absolute atomic E-state index is 7.72. The molecule has 0 spiro atoms. The molecule has 7 rings (SSSR count). The molecule has 0 N–H and O–H groups in total. The normalized spacial score (nSPS) is 12.1. The van der Waals surface area contributed by atoms with Gasteiger partial charge in [-0.25, -0.2) is 4.85 Å². The number of fused-ring (bicyclic) bond motifs is 3. The summed E-state index contributed by atoms with van der Waals surface area (Å²) in [4.78, 5) is 12.4. The minimum Gasteiger partial charge on any atom is -0.305 e. The van der Waals surface area contributed by atoms with Crippen LogP contribution in [0.5, 0.6) is 0 Å². The molecule has 2 heterocycles. The van der Waals surface area contributed by atoms with Gasteiger partial charge < -0.3 is 9.97 Å². The summed E-state index contributed by atoms with van der Waals surface area (Å²) in [5, 5.41) is 0. The number of aromatic nitrogens is 2. The molecule has 6 aromatic rings. The third-order valence-corrected chi connectivity index (χ3v) is 6.89. The number of pyridine rings is 2. The summed E-state index contributed by atoms with van der Waals surface area (Å²) in [6, 6.07) is 41.1. The second kappa shape index (κ2) is 12.7. The summed E-state index contributed by atoms with van der Waals surface area (Å²) >= 11 is 0. The van der Waals surface area contributed by atoms with Crippen molar-refractivity contribution in [1.82, 2.24) is 9.97 Å². The first kappa shape index (κ1) is 24.1. The van der Waals surface area contributed by atoms with Gasteiger partial charge in [0.25, 0.3) is 0 Å². The number of rotatable bonds is 3. The Morgan fingerprint density at radius 1 is 0.805 bits per heavy atom. The zero-order valence-corrected chi connectivity index (χ0v) is 24.3. The van der Waals surface area contributed by atoms with Gasteiger partial charge in [0.05, 0.1) is 6.57 Å². The Bertz CT molecular complexity index is 1940. The van der Waals surface area contributed by atoms with Crippen LogP contribution < -0.4 is 0 Å². The second-order valence-electron chi connectivity index (χ2n) is 9.32. The Hall–Kier alpha value is -4.68. The van der Waals surface area contributed by atoms with E-state index in [2.05, 4.69) is 39.1 Å². The van der Waals surface area contributed by atoms with E-state index in [1.807, 2.05) is 97.1 Å². The monoisotopic (exact) mass is 707 g/mol. The van der Waals surface area contributed by atoms with Gasteiger partial charge in [-0.1, -0.05) is 72.3 Å². The minimum absolute atomic E-state index is 0. The molecule has 3 nitrogen and oxygen atoms in total. The van der Waals surface area contributed by atoms with E-state index in [4.69, 9.17) is 10.7 Å². The quantitative estimate of drug-likeness (QED) is 0.172. The fourth-order valence-electron chi connectivity index (χ4n) is 5.03. The van der Waals surface area contributed by atoms with Crippen LogP contribution in [0.2, 0.25) is 0 Å². The zero-order valence-electron chi connectivity index (χ0n) is 24.9. The molecule has 199 valence electrons. The fourth-order valence-corrected chi connectivity index (χ4v) is 5.03. The smallest absolute Gasteiger partial charge is 0.193 e. The van der Waals surface area contributed by atoms with Crippen molar-refractivity contribution in [2.45, 2.75) is 13.3 Å². The van der Waals surface area contributed by atoms with E-state index in [-0.39, 0.29) is 25.7 Å². The van der Waals surface area contributed by atoms with E-state index in [9.17, 15) is 0 Å².